The quantitative estimate of drug-likeness (QED) is 0.169. The average Bonchev–Trinajstić information content (AvgIpc) is 3.63. The van der Waals surface area contributed by atoms with Crippen LogP contribution in [0.5, 0.6) is 0 Å². The number of hydrogen-bond donors (Lipinski definition) is 0. The van der Waals surface area contributed by atoms with Crippen LogP contribution in [-0.2, 0) is 0 Å². The maximum Gasteiger partial charge on any atom is 0.137 e. The highest BCUT2D eigenvalue weighted by Crippen LogP contribution is 2.42. The molecule has 0 atom stereocenters. The lowest BCUT2D eigenvalue weighted by Crippen LogP contribution is -1.98. The van der Waals surface area contributed by atoms with Crippen LogP contribution in [0.25, 0.3) is 105 Å². The third-order valence-corrected chi connectivity index (χ3v) is 10.7. The topological polar surface area (TPSA) is 82.3 Å². The van der Waals surface area contributed by atoms with Crippen molar-refractivity contribution in [1.29, 1.82) is 0 Å². The molecule has 0 radical (unpaired) electrons. The molecule has 0 fully saturated rings. The first-order valence-electron chi connectivity index (χ1n) is 18.8. The molecule has 57 heavy (non-hydrogen) atoms. The molecule has 266 valence electrons. The number of hydrogen-bond acceptors (Lipinski definition) is 6. The second-order valence-electron chi connectivity index (χ2n) is 14.0. The van der Waals surface area contributed by atoms with Gasteiger partial charge >= 0.3 is 0 Å². The summed E-state index contributed by atoms with van der Waals surface area (Å²) in [7, 11) is 0. The molecule has 0 amide bonds. The third kappa shape index (κ3) is 5.60. The van der Waals surface area contributed by atoms with E-state index in [2.05, 4.69) is 118 Å². The number of pyridine rings is 6. The molecule has 0 aliphatic rings. The summed E-state index contributed by atoms with van der Waals surface area (Å²) in [6.07, 6.45) is 11.3. The smallest absolute Gasteiger partial charge is 0.137 e. The Hall–Kier alpha value is -7.90. The zero-order valence-electron chi connectivity index (χ0n) is 30.5. The molecule has 0 N–H and O–H groups in total. The normalized spacial score (nSPS) is 11.5. The molecule has 7 aromatic heterocycles. The molecule has 7 nitrogen and oxygen atoms in total. The summed E-state index contributed by atoms with van der Waals surface area (Å²) in [5, 5.41) is 6.74. The van der Waals surface area contributed by atoms with E-state index in [1.54, 1.807) is 12.4 Å². The van der Waals surface area contributed by atoms with Crippen LogP contribution >= 0.6 is 0 Å². The van der Waals surface area contributed by atoms with E-state index in [-0.39, 0.29) is 0 Å². The van der Waals surface area contributed by atoms with Gasteiger partial charge in [0.1, 0.15) is 5.82 Å². The van der Waals surface area contributed by atoms with Gasteiger partial charge in [0.15, 0.2) is 0 Å². The lowest BCUT2D eigenvalue weighted by atomic mass is 9.95. The van der Waals surface area contributed by atoms with E-state index >= 15 is 0 Å². The van der Waals surface area contributed by atoms with Gasteiger partial charge in [-0.15, -0.1) is 0 Å². The minimum absolute atomic E-state index is 0.826. The van der Waals surface area contributed by atoms with Gasteiger partial charge in [0.2, 0.25) is 0 Å². The van der Waals surface area contributed by atoms with Crippen LogP contribution in [0.1, 0.15) is 0 Å². The van der Waals surface area contributed by atoms with Crippen molar-refractivity contribution in [2.24, 2.45) is 0 Å². The van der Waals surface area contributed by atoms with Gasteiger partial charge in [-0.1, -0.05) is 78.9 Å². The highest BCUT2D eigenvalue weighted by molar-refractivity contribution is 6.22. The van der Waals surface area contributed by atoms with Crippen molar-refractivity contribution in [3.63, 3.8) is 0 Å². The Morgan fingerprint density at radius 2 is 0.982 bits per heavy atom. The Labute approximate surface area is 327 Å². The summed E-state index contributed by atoms with van der Waals surface area (Å²) in [6, 6.07) is 52.3. The fraction of sp³-hybridized carbons (Fsp3) is 0. The molecular weight excluding hydrogens is 699 g/mol. The lowest BCUT2D eigenvalue weighted by molar-refractivity contribution is 1.08. The van der Waals surface area contributed by atoms with Crippen LogP contribution in [0.2, 0.25) is 0 Å². The van der Waals surface area contributed by atoms with E-state index in [0.717, 1.165) is 105 Å². The Balaban J connectivity index is 1.11. The van der Waals surface area contributed by atoms with Crippen molar-refractivity contribution in [1.82, 2.24) is 34.5 Å². The van der Waals surface area contributed by atoms with Gasteiger partial charge < -0.3 is 0 Å². The molecule has 11 aromatic rings. The second-order valence-corrected chi connectivity index (χ2v) is 14.0. The van der Waals surface area contributed by atoms with Gasteiger partial charge in [-0.2, -0.15) is 0 Å². The molecule has 4 aromatic carbocycles. The Bertz CT molecular complexity index is 3250. The fourth-order valence-electron chi connectivity index (χ4n) is 7.99. The zero-order valence-corrected chi connectivity index (χ0v) is 30.5. The van der Waals surface area contributed by atoms with Gasteiger partial charge in [0, 0.05) is 75.4 Å². The predicted molar refractivity (Wildman–Crippen MR) is 230 cm³/mol. The molecule has 0 aliphatic carbocycles. The number of fused-ring (bicyclic) bond motifs is 6. The van der Waals surface area contributed by atoms with Crippen LogP contribution < -0.4 is 0 Å². The Morgan fingerprint density at radius 3 is 1.67 bits per heavy atom. The van der Waals surface area contributed by atoms with E-state index in [0.29, 0.717) is 0 Å². The van der Waals surface area contributed by atoms with Gasteiger partial charge in [-0.05, 0) is 94.7 Å². The molecule has 0 aliphatic heterocycles. The van der Waals surface area contributed by atoms with Crippen molar-refractivity contribution >= 4 is 43.4 Å². The first-order chi connectivity index (χ1) is 28.3. The van der Waals surface area contributed by atoms with Crippen LogP contribution in [0, 0.1) is 0 Å². The summed E-state index contributed by atoms with van der Waals surface area (Å²) in [4.78, 5) is 28.6. The molecule has 7 heterocycles. The van der Waals surface area contributed by atoms with Gasteiger partial charge in [0.05, 0.1) is 39.5 Å². The third-order valence-electron chi connectivity index (χ3n) is 10.7. The van der Waals surface area contributed by atoms with Crippen LogP contribution in [0.4, 0.5) is 0 Å². The second kappa shape index (κ2) is 13.4. The molecular formula is C50H31N7. The Morgan fingerprint density at radius 1 is 0.351 bits per heavy atom. The predicted octanol–water partition coefficient (Wildman–Crippen LogP) is 11.8. The van der Waals surface area contributed by atoms with Crippen molar-refractivity contribution in [3.05, 3.63) is 189 Å². The van der Waals surface area contributed by atoms with Crippen molar-refractivity contribution in [2.75, 3.05) is 0 Å². The van der Waals surface area contributed by atoms with Crippen molar-refractivity contribution < 1.29 is 0 Å². The highest BCUT2D eigenvalue weighted by atomic mass is 15.1. The van der Waals surface area contributed by atoms with Gasteiger partial charge in [-0.25, -0.2) is 4.98 Å². The Kier molecular flexibility index (Phi) is 7.67. The molecule has 11 rings (SSSR count). The zero-order chi connectivity index (χ0) is 37.7. The highest BCUT2D eigenvalue weighted by Gasteiger charge is 2.20. The van der Waals surface area contributed by atoms with Crippen molar-refractivity contribution in [2.45, 2.75) is 0 Å². The summed E-state index contributed by atoms with van der Waals surface area (Å²) in [5.74, 6) is 0.826. The molecule has 0 saturated carbocycles. The van der Waals surface area contributed by atoms with Crippen LogP contribution in [-0.4, -0.2) is 34.5 Å². The summed E-state index contributed by atoms with van der Waals surface area (Å²) in [5.41, 5.74) is 11.6. The van der Waals surface area contributed by atoms with E-state index in [4.69, 9.17) is 19.9 Å². The first kappa shape index (κ1) is 32.5. The number of benzene rings is 4. The lowest BCUT2D eigenvalue weighted by Gasteiger charge is -2.13. The van der Waals surface area contributed by atoms with E-state index < -0.39 is 0 Å². The van der Waals surface area contributed by atoms with Gasteiger partial charge in [0.25, 0.3) is 0 Å². The minimum Gasteiger partial charge on any atom is -0.293 e. The molecule has 7 heteroatoms. The minimum atomic E-state index is 0.826. The summed E-state index contributed by atoms with van der Waals surface area (Å²) < 4.78 is 2.30. The maximum atomic E-state index is 5.14. The summed E-state index contributed by atoms with van der Waals surface area (Å²) in [6.45, 7) is 0. The van der Waals surface area contributed by atoms with Crippen molar-refractivity contribution in [3.8, 4) is 62.1 Å². The number of aromatic nitrogens is 7. The monoisotopic (exact) mass is 729 g/mol. The van der Waals surface area contributed by atoms with E-state index in [1.807, 2.05) is 73.3 Å². The van der Waals surface area contributed by atoms with E-state index in [1.165, 1.54) is 0 Å². The molecule has 0 bridgehead atoms. The fourth-order valence-corrected chi connectivity index (χ4v) is 7.99. The largest absolute Gasteiger partial charge is 0.293 e. The molecule has 0 spiro atoms. The standard InChI is InChI=1S/C50H31N7/c1-2-10-37-32(9-1)23-26-53-49(37)36-18-22-48(56-31-36)57-47-21-17-33(34-15-19-45(54-29-34)43-13-5-7-24-51-43)27-41(47)42-28-40(38-11-3-4-12-39(38)50(42)57)35-16-20-46(55-30-35)44-14-6-8-25-52-44/h1-31H. The summed E-state index contributed by atoms with van der Waals surface area (Å²) >= 11 is 0. The number of rotatable bonds is 6. The van der Waals surface area contributed by atoms with Crippen LogP contribution in [0.15, 0.2) is 189 Å². The SMILES string of the molecule is c1ccc(-c2ccc(-c3ccc4c(c3)c3cc(-c5ccc(-c6ccccn6)nc5)c5ccccc5c3n4-c3ccc(-c4nccc5ccccc45)cn3)cn2)nc1. The van der Waals surface area contributed by atoms with Crippen LogP contribution in [0.3, 0.4) is 0 Å². The first-order valence-corrected chi connectivity index (χ1v) is 18.8. The maximum absolute atomic E-state index is 5.14. The van der Waals surface area contributed by atoms with Gasteiger partial charge in [-0.3, -0.25) is 29.5 Å². The van der Waals surface area contributed by atoms with E-state index in [9.17, 15) is 0 Å². The molecule has 0 saturated heterocycles. The number of nitrogens with zero attached hydrogens (tertiary/aromatic N) is 7. The molecule has 0 unspecified atom stereocenters. The average molecular weight is 730 g/mol.